The number of hydrogen-bond donors (Lipinski definition) is 2. The van der Waals surface area contributed by atoms with Gasteiger partial charge in [0.25, 0.3) is 0 Å². The molecule has 0 heterocycles. The first-order chi connectivity index (χ1) is 9.50. The smallest absolute Gasteiger partial charge is 0.240 e. The number of benzene rings is 2. The third-order valence-electron chi connectivity index (χ3n) is 3.03. The van der Waals surface area contributed by atoms with Crippen LogP contribution >= 0.6 is 0 Å². The molecular weight excluding hydrogens is 274 g/mol. The number of sulfonamides is 1. The van der Waals surface area contributed by atoms with Crippen molar-refractivity contribution in [3.8, 4) is 0 Å². The van der Waals surface area contributed by atoms with Gasteiger partial charge in [0.15, 0.2) is 0 Å². The Hall–Kier alpha value is -1.69. The molecule has 0 bridgehead atoms. The molecule has 1 atom stereocenters. The highest BCUT2D eigenvalue weighted by atomic mass is 32.2. The summed E-state index contributed by atoms with van der Waals surface area (Å²) >= 11 is 0. The number of nitrogens with one attached hydrogen (secondary N) is 1. The predicted octanol–water partition coefficient (Wildman–Crippen LogP) is 2.01. The van der Waals surface area contributed by atoms with Gasteiger partial charge in [0.2, 0.25) is 10.0 Å². The van der Waals surface area contributed by atoms with Crippen LogP contribution in [0.25, 0.3) is 0 Å². The fourth-order valence-electron chi connectivity index (χ4n) is 1.92. The summed E-state index contributed by atoms with van der Waals surface area (Å²) in [6.07, 6.45) is -0.866. The summed E-state index contributed by atoms with van der Waals surface area (Å²) in [6, 6.07) is 15.7. The van der Waals surface area contributed by atoms with E-state index in [0.717, 1.165) is 0 Å². The van der Waals surface area contributed by atoms with Gasteiger partial charge >= 0.3 is 0 Å². The summed E-state index contributed by atoms with van der Waals surface area (Å²) in [5, 5.41) is 9.97. The van der Waals surface area contributed by atoms with E-state index in [4.69, 9.17) is 0 Å². The Labute approximate surface area is 119 Å². The summed E-state index contributed by atoms with van der Waals surface area (Å²) < 4.78 is 26.8. The summed E-state index contributed by atoms with van der Waals surface area (Å²) in [7, 11) is -3.60. The number of rotatable bonds is 5. The van der Waals surface area contributed by atoms with Crippen LogP contribution in [-0.4, -0.2) is 20.1 Å². The first-order valence-electron chi connectivity index (χ1n) is 6.29. The van der Waals surface area contributed by atoms with E-state index < -0.39 is 16.1 Å². The highest BCUT2D eigenvalue weighted by Crippen LogP contribution is 2.16. The average Bonchev–Trinajstić information content (AvgIpc) is 2.46. The molecule has 2 N–H and O–H groups in total. The topological polar surface area (TPSA) is 66.4 Å². The first-order valence-corrected chi connectivity index (χ1v) is 7.77. The molecule has 0 amide bonds. The van der Waals surface area contributed by atoms with Crippen LogP contribution in [-0.2, 0) is 10.0 Å². The van der Waals surface area contributed by atoms with E-state index in [1.165, 1.54) is 0 Å². The lowest BCUT2D eigenvalue weighted by Gasteiger charge is -2.13. The molecule has 0 radical (unpaired) electrons. The molecule has 2 aromatic carbocycles. The van der Waals surface area contributed by atoms with E-state index >= 15 is 0 Å². The lowest BCUT2D eigenvalue weighted by Crippen LogP contribution is -2.29. The minimum atomic E-state index is -3.60. The van der Waals surface area contributed by atoms with Gasteiger partial charge in [-0.15, -0.1) is 0 Å². The molecule has 0 fully saturated rings. The third kappa shape index (κ3) is 3.45. The summed E-state index contributed by atoms with van der Waals surface area (Å²) in [5.41, 5.74) is 1.36. The van der Waals surface area contributed by atoms with Gasteiger partial charge in [-0.25, -0.2) is 13.1 Å². The van der Waals surface area contributed by atoms with Crippen LogP contribution < -0.4 is 4.72 Å². The van der Waals surface area contributed by atoms with Crippen molar-refractivity contribution in [3.05, 3.63) is 65.7 Å². The highest BCUT2D eigenvalue weighted by molar-refractivity contribution is 7.89. The third-order valence-corrected chi connectivity index (χ3v) is 4.62. The SMILES string of the molecule is Cc1ccccc1S(=O)(=O)NCC(O)c1ccccc1. The largest absolute Gasteiger partial charge is 0.387 e. The molecule has 0 aromatic heterocycles. The van der Waals surface area contributed by atoms with E-state index in [0.29, 0.717) is 11.1 Å². The van der Waals surface area contributed by atoms with Gasteiger partial charge in [-0.05, 0) is 24.1 Å². The molecule has 0 aliphatic heterocycles. The Bertz CT molecular complexity index is 669. The van der Waals surface area contributed by atoms with E-state index in [2.05, 4.69) is 4.72 Å². The van der Waals surface area contributed by atoms with Crippen LogP contribution in [0.5, 0.6) is 0 Å². The molecule has 0 saturated carbocycles. The second-order valence-electron chi connectivity index (χ2n) is 4.54. The standard InChI is InChI=1S/C15H17NO3S/c1-12-7-5-6-10-15(12)20(18,19)16-11-14(17)13-8-3-2-4-9-13/h2-10,14,16-17H,11H2,1H3. The Morgan fingerprint density at radius 2 is 1.65 bits per heavy atom. The number of aliphatic hydroxyl groups excluding tert-OH is 1. The van der Waals surface area contributed by atoms with Crippen molar-refractivity contribution >= 4 is 10.0 Å². The summed E-state index contributed by atoms with van der Waals surface area (Å²) in [6.45, 7) is 1.68. The first kappa shape index (κ1) is 14.7. The normalized spacial score (nSPS) is 13.1. The van der Waals surface area contributed by atoms with Crippen LogP contribution in [0.2, 0.25) is 0 Å². The second kappa shape index (κ2) is 6.17. The maximum atomic E-state index is 12.2. The fraction of sp³-hybridized carbons (Fsp3) is 0.200. The van der Waals surface area contributed by atoms with Gasteiger partial charge in [-0.1, -0.05) is 48.5 Å². The molecule has 0 saturated heterocycles. The van der Waals surface area contributed by atoms with Crippen molar-refractivity contribution < 1.29 is 13.5 Å². The van der Waals surface area contributed by atoms with Crippen molar-refractivity contribution in [2.24, 2.45) is 0 Å². The molecule has 20 heavy (non-hydrogen) atoms. The van der Waals surface area contributed by atoms with E-state index in [9.17, 15) is 13.5 Å². The molecule has 1 unspecified atom stereocenters. The molecule has 5 heteroatoms. The molecule has 0 aliphatic carbocycles. The number of aryl methyl sites for hydroxylation is 1. The van der Waals surface area contributed by atoms with Crippen LogP contribution in [0.3, 0.4) is 0 Å². The molecule has 0 aliphatic rings. The molecular formula is C15H17NO3S. The zero-order valence-corrected chi connectivity index (χ0v) is 12.0. The zero-order valence-electron chi connectivity index (χ0n) is 11.2. The Balaban J connectivity index is 2.09. The maximum absolute atomic E-state index is 12.2. The fourth-order valence-corrected chi connectivity index (χ4v) is 3.20. The van der Waals surface area contributed by atoms with Crippen LogP contribution in [0.4, 0.5) is 0 Å². The summed E-state index contributed by atoms with van der Waals surface area (Å²) in [5.74, 6) is 0. The Kier molecular flexibility index (Phi) is 4.54. The highest BCUT2D eigenvalue weighted by Gasteiger charge is 2.18. The Morgan fingerprint density at radius 1 is 1.05 bits per heavy atom. The van der Waals surface area contributed by atoms with Crippen molar-refractivity contribution in [3.63, 3.8) is 0 Å². The number of hydrogen-bond acceptors (Lipinski definition) is 3. The predicted molar refractivity (Wildman–Crippen MR) is 77.8 cm³/mol. The van der Waals surface area contributed by atoms with E-state index in [1.54, 1.807) is 55.5 Å². The second-order valence-corrected chi connectivity index (χ2v) is 6.28. The molecule has 4 nitrogen and oxygen atoms in total. The van der Waals surface area contributed by atoms with Crippen molar-refractivity contribution in [1.82, 2.24) is 4.72 Å². The minimum Gasteiger partial charge on any atom is -0.387 e. The molecule has 2 rings (SSSR count). The quantitative estimate of drug-likeness (QED) is 0.885. The van der Waals surface area contributed by atoms with Crippen LogP contribution in [0, 0.1) is 6.92 Å². The van der Waals surface area contributed by atoms with E-state index in [1.807, 2.05) is 6.07 Å². The maximum Gasteiger partial charge on any atom is 0.240 e. The summed E-state index contributed by atoms with van der Waals surface area (Å²) in [4.78, 5) is 0.236. The van der Waals surface area contributed by atoms with Crippen molar-refractivity contribution in [2.75, 3.05) is 6.54 Å². The monoisotopic (exact) mass is 291 g/mol. The van der Waals surface area contributed by atoms with E-state index in [-0.39, 0.29) is 11.4 Å². The molecule has 106 valence electrons. The van der Waals surface area contributed by atoms with Crippen LogP contribution in [0.15, 0.2) is 59.5 Å². The van der Waals surface area contributed by atoms with Gasteiger partial charge in [-0.3, -0.25) is 0 Å². The zero-order chi connectivity index (χ0) is 14.6. The van der Waals surface area contributed by atoms with Crippen LogP contribution in [0.1, 0.15) is 17.2 Å². The van der Waals surface area contributed by atoms with Gasteiger partial charge < -0.3 is 5.11 Å². The number of aliphatic hydroxyl groups is 1. The molecule has 2 aromatic rings. The average molecular weight is 291 g/mol. The lowest BCUT2D eigenvalue weighted by molar-refractivity contribution is 0.182. The van der Waals surface area contributed by atoms with Gasteiger partial charge in [0.05, 0.1) is 11.0 Å². The minimum absolute atomic E-state index is 0.0549. The van der Waals surface area contributed by atoms with Gasteiger partial charge in [0, 0.05) is 6.54 Å². The Morgan fingerprint density at radius 3 is 2.30 bits per heavy atom. The lowest BCUT2D eigenvalue weighted by atomic mass is 10.1. The van der Waals surface area contributed by atoms with Crippen molar-refractivity contribution in [1.29, 1.82) is 0 Å². The van der Waals surface area contributed by atoms with Gasteiger partial charge in [0.1, 0.15) is 0 Å². The van der Waals surface area contributed by atoms with Gasteiger partial charge in [-0.2, -0.15) is 0 Å². The van der Waals surface area contributed by atoms with Crippen molar-refractivity contribution in [2.45, 2.75) is 17.9 Å². The molecule has 0 spiro atoms.